The molecule has 0 saturated heterocycles. The second-order valence-electron chi connectivity index (χ2n) is 3.27. The maximum Gasteiger partial charge on any atom is 0.106 e. The second-order valence-corrected chi connectivity index (χ2v) is 3.27. The van der Waals surface area contributed by atoms with Crippen molar-refractivity contribution < 1.29 is 9.68 Å². The Morgan fingerprint density at radius 3 is 2.25 bits per heavy atom. The van der Waals surface area contributed by atoms with Gasteiger partial charge in [-0.3, -0.25) is 0 Å². The van der Waals surface area contributed by atoms with Gasteiger partial charge in [0.2, 0.25) is 0 Å². The first-order valence-corrected chi connectivity index (χ1v) is 5.00. The molecule has 0 N–H and O–H groups in total. The fourth-order valence-corrected chi connectivity index (χ4v) is 1.36. The van der Waals surface area contributed by atoms with Crippen molar-refractivity contribution in [2.75, 3.05) is 14.2 Å². The molecular formula is C12H16N2O2. The summed E-state index contributed by atoms with van der Waals surface area (Å²) >= 11 is 0. The van der Waals surface area contributed by atoms with Crippen LogP contribution in [0.15, 0.2) is 40.6 Å². The van der Waals surface area contributed by atoms with Crippen LogP contribution in [0.1, 0.15) is 18.9 Å². The Labute approximate surface area is 95.5 Å². The van der Waals surface area contributed by atoms with E-state index in [1.165, 1.54) is 14.2 Å². The first kappa shape index (κ1) is 12.2. The van der Waals surface area contributed by atoms with Crippen LogP contribution < -0.4 is 0 Å². The van der Waals surface area contributed by atoms with Crippen molar-refractivity contribution in [2.24, 2.45) is 10.3 Å². The summed E-state index contributed by atoms with van der Waals surface area (Å²) in [5.74, 6) is 0. The molecule has 0 amide bonds. The summed E-state index contributed by atoms with van der Waals surface area (Å²) in [5, 5.41) is 7.85. The number of hydrogen-bond donors (Lipinski definition) is 0. The minimum atomic E-state index is 0.603. The Morgan fingerprint density at radius 2 is 1.69 bits per heavy atom. The topological polar surface area (TPSA) is 43.2 Å². The smallest absolute Gasteiger partial charge is 0.106 e. The molecule has 86 valence electrons. The van der Waals surface area contributed by atoms with Crippen LogP contribution in [-0.4, -0.2) is 25.6 Å². The predicted molar refractivity (Wildman–Crippen MR) is 64.7 cm³/mol. The Morgan fingerprint density at radius 1 is 1.06 bits per heavy atom. The molecule has 0 saturated carbocycles. The first-order valence-electron chi connectivity index (χ1n) is 5.00. The van der Waals surface area contributed by atoms with E-state index in [2.05, 4.69) is 10.3 Å². The zero-order valence-electron chi connectivity index (χ0n) is 9.80. The lowest BCUT2D eigenvalue weighted by atomic mass is 10.1. The van der Waals surface area contributed by atoms with Crippen LogP contribution >= 0.6 is 0 Å². The van der Waals surface area contributed by atoms with Gasteiger partial charge >= 0.3 is 0 Å². The molecule has 1 aromatic rings. The van der Waals surface area contributed by atoms with Crippen molar-refractivity contribution >= 4 is 11.4 Å². The molecule has 0 unspecified atom stereocenters. The van der Waals surface area contributed by atoms with Crippen LogP contribution in [0.25, 0.3) is 0 Å². The highest BCUT2D eigenvalue weighted by atomic mass is 16.6. The molecule has 0 aromatic heterocycles. The summed E-state index contributed by atoms with van der Waals surface area (Å²) in [6, 6.07) is 9.85. The van der Waals surface area contributed by atoms with Gasteiger partial charge in [0.05, 0.1) is 11.4 Å². The van der Waals surface area contributed by atoms with E-state index in [9.17, 15) is 0 Å². The van der Waals surface area contributed by atoms with Crippen LogP contribution in [0.4, 0.5) is 0 Å². The van der Waals surface area contributed by atoms with Gasteiger partial charge in [0.1, 0.15) is 14.2 Å². The second kappa shape index (κ2) is 6.61. The van der Waals surface area contributed by atoms with Gasteiger partial charge in [-0.05, 0) is 12.5 Å². The summed E-state index contributed by atoms with van der Waals surface area (Å²) in [7, 11) is 3.06. The van der Waals surface area contributed by atoms with Crippen LogP contribution in [-0.2, 0) is 9.68 Å². The molecule has 4 nitrogen and oxygen atoms in total. The molecule has 0 radical (unpaired) electrons. The Balaban J connectivity index is 2.85. The lowest BCUT2D eigenvalue weighted by molar-refractivity contribution is 0.210. The molecule has 0 aliphatic rings. The van der Waals surface area contributed by atoms with Gasteiger partial charge in [0.15, 0.2) is 0 Å². The molecule has 1 aromatic carbocycles. The Kier molecular flexibility index (Phi) is 5.05. The van der Waals surface area contributed by atoms with E-state index in [-0.39, 0.29) is 0 Å². The van der Waals surface area contributed by atoms with E-state index in [0.717, 1.165) is 17.0 Å². The van der Waals surface area contributed by atoms with Gasteiger partial charge in [-0.25, -0.2) is 0 Å². The quantitative estimate of drug-likeness (QED) is 0.565. The number of rotatable bonds is 5. The fourth-order valence-electron chi connectivity index (χ4n) is 1.36. The summed E-state index contributed by atoms with van der Waals surface area (Å²) in [4.78, 5) is 9.54. The van der Waals surface area contributed by atoms with E-state index in [4.69, 9.17) is 9.68 Å². The van der Waals surface area contributed by atoms with Crippen LogP contribution in [0, 0.1) is 0 Å². The highest BCUT2D eigenvalue weighted by Crippen LogP contribution is 2.06. The monoisotopic (exact) mass is 220 g/mol. The van der Waals surface area contributed by atoms with Crippen LogP contribution in [0.3, 0.4) is 0 Å². The third kappa shape index (κ3) is 3.73. The van der Waals surface area contributed by atoms with E-state index in [1.807, 2.05) is 37.3 Å². The van der Waals surface area contributed by atoms with Gasteiger partial charge < -0.3 is 9.68 Å². The Bertz CT molecular complexity index is 372. The largest absolute Gasteiger partial charge is 0.399 e. The van der Waals surface area contributed by atoms with Gasteiger partial charge in [-0.2, -0.15) is 0 Å². The van der Waals surface area contributed by atoms with Crippen molar-refractivity contribution in [3.8, 4) is 0 Å². The third-order valence-electron chi connectivity index (χ3n) is 1.98. The summed E-state index contributed by atoms with van der Waals surface area (Å²) < 4.78 is 0. The van der Waals surface area contributed by atoms with Crippen molar-refractivity contribution in [2.45, 2.75) is 13.3 Å². The van der Waals surface area contributed by atoms with Crippen molar-refractivity contribution in [3.63, 3.8) is 0 Å². The van der Waals surface area contributed by atoms with Gasteiger partial charge in [0.25, 0.3) is 0 Å². The number of benzene rings is 1. The predicted octanol–water partition coefficient (Wildman–Crippen LogP) is 2.45. The highest BCUT2D eigenvalue weighted by molar-refractivity contribution is 6.11. The zero-order chi connectivity index (χ0) is 11.8. The summed E-state index contributed by atoms with van der Waals surface area (Å²) in [5.41, 5.74) is 2.71. The SMILES string of the molecule is CO/N=C(\C)C/C(=N\OC)c1ccccc1. The number of nitrogens with zero attached hydrogens (tertiary/aromatic N) is 2. The standard InChI is InChI=1S/C12H16N2O2/c1-10(13-15-2)9-12(14-16-3)11-7-5-4-6-8-11/h4-8H,9H2,1-3H3/b13-10+,14-12+. The highest BCUT2D eigenvalue weighted by Gasteiger charge is 2.06. The summed E-state index contributed by atoms with van der Waals surface area (Å²) in [6.45, 7) is 1.89. The molecule has 0 heterocycles. The minimum absolute atomic E-state index is 0.603. The molecule has 16 heavy (non-hydrogen) atoms. The lowest BCUT2D eigenvalue weighted by Gasteiger charge is -2.05. The summed E-state index contributed by atoms with van der Waals surface area (Å²) in [6.07, 6.45) is 0.603. The Hall–Kier alpha value is -1.84. The fraction of sp³-hybridized carbons (Fsp3) is 0.333. The maximum atomic E-state index is 4.83. The molecular weight excluding hydrogens is 204 g/mol. The minimum Gasteiger partial charge on any atom is -0.399 e. The number of oxime groups is 2. The van der Waals surface area contributed by atoms with Gasteiger partial charge in [-0.15, -0.1) is 0 Å². The molecule has 0 atom stereocenters. The maximum absolute atomic E-state index is 4.83. The molecule has 0 spiro atoms. The van der Waals surface area contributed by atoms with E-state index in [1.54, 1.807) is 0 Å². The van der Waals surface area contributed by atoms with Crippen molar-refractivity contribution in [3.05, 3.63) is 35.9 Å². The van der Waals surface area contributed by atoms with Crippen LogP contribution in [0.2, 0.25) is 0 Å². The molecule has 1 rings (SSSR count). The third-order valence-corrected chi connectivity index (χ3v) is 1.98. The molecule has 0 aliphatic heterocycles. The van der Waals surface area contributed by atoms with Crippen molar-refractivity contribution in [1.82, 2.24) is 0 Å². The molecule has 4 heteroatoms. The average molecular weight is 220 g/mol. The van der Waals surface area contributed by atoms with E-state index < -0.39 is 0 Å². The van der Waals surface area contributed by atoms with E-state index >= 15 is 0 Å². The number of hydrogen-bond acceptors (Lipinski definition) is 4. The molecule has 0 fully saturated rings. The normalized spacial score (nSPS) is 12.4. The van der Waals surface area contributed by atoms with E-state index in [0.29, 0.717) is 6.42 Å². The van der Waals surface area contributed by atoms with Gasteiger partial charge in [-0.1, -0.05) is 40.6 Å². The van der Waals surface area contributed by atoms with Crippen molar-refractivity contribution in [1.29, 1.82) is 0 Å². The average Bonchev–Trinajstić information content (AvgIpc) is 2.30. The zero-order valence-corrected chi connectivity index (χ0v) is 9.80. The lowest BCUT2D eigenvalue weighted by Crippen LogP contribution is -2.07. The van der Waals surface area contributed by atoms with Crippen LogP contribution in [0.5, 0.6) is 0 Å². The van der Waals surface area contributed by atoms with Gasteiger partial charge in [0, 0.05) is 6.42 Å². The molecule has 0 aliphatic carbocycles. The molecule has 0 bridgehead atoms. The first-order chi connectivity index (χ1) is 7.77.